The van der Waals surface area contributed by atoms with E-state index in [1.807, 2.05) is 14.1 Å². The first kappa shape index (κ1) is 10.0. The molecule has 5 heteroatoms. The number of hydrogen-bond donors (Lipinski definition) is 2. The third-order valence-corrected chi connectivity index (χ3v) is 3.02. The Balaban J connectivity index is 2.00. The van der Waals surface area contributed by atoms with E-state index in [1.165, 1.54) is 0 Å². The molecule has 2 atom stereocenters. The number of carbonyl (C=O) groups excluding carboxylic acids is 1. The first-order valence-electron chi connectivity index (χ1n) is 5.11. The van der Waals surface area contributed by atoms with Crippen molar-refractivity contribution in [2.75, 3.05) is 40.3 Å². The molecule has 14 heavy (non-hydrogen) atoms. The summed E-state index contributed by atoms with van der Waals surface area (Å²) in [5, 5.41) is 6.43. The first-order valence-corrected chi connectivity index (χ1v) is 5.11. The zero-order valence-corrected chi connectivity index (χ0v) is 8.79. The number of hydrogen-bond acceptors (Lipinski definition) is 5. The van der Waals surface area contributed by atoms with E-state index in [0.717, 1.165) is 26.2 Å². The Morgan fingerprint density at radius 3 is 1.79 bits per heavy atom. The minimum atomic E-state index is -0.104. The lowest BCUT2D eigenvalue weighted by atomic mass is 10.2. The SMILES string of the molecule is CN1CCNC1C(=O)C1NCCN1C. The Labute approximate surface area is 84.4 Å². The lowest BCUT2D eigenvalue weighted by Crippen LogP contribution is -2.52. The van der Waals surface area contributed by atoms with Crippen LogP contribution in [-0.4, -0.2) is 68.2 Å². The molecular weight excluding hydrogens is 180 g/mol. The topological polar surface area (TPSA) is 47.6 Å². The summed E-state index contributed by atoms with van der Waals surface area (Å²) < 4.78 is 0. The van der Waals surface area contributed by atoms with E-state index >= 15 is 0 Å². The van der Waals surface area contributed by atoms with Gasteiger partial charge < -0.3 is 0 Å². The van der Waals surface area contributed by atoms with E-state index < -0.39 is 0 Å². The van der Waals surface area contributed by atoms with Crippen LogP contribution in [0.2, 0.25) is 0 Å². The van der Waals surface area contributed by atoms with Gasteiger partial charge in [-0.1, -0.05) is 0 Å². The summed E-state index contributed by atoms with van der Waals surface area (Å²) in [6, 6.07) is 0. The van der Waals surface area contributed by atoms with Crippen LogP contribution in [0.4, 0.5) is 0 Å². The highest BCUT2D eigenvalue weighted by Gasteiger charge is 2.36. The van der Waals surface area contributed by atoms with Gasteiger partial charge in [-0.15, -0.1) is 0 Å². The second-order valence-electron chi connectivity index (χ2n) is 4.08. The predicted octanol–water partition coefficient (Wildman–Crippen LogP) is -1.72. The van der Waals surface area contributed by atoms with Crippen molar-refractivity contribution in [2.45, 2.75) is 12.3 Å². The van der Waals surface area contributed by atoms with Crippen LogP contribution in [0.1, 0.15) is 0 Å². The molecule has 0 radical (unpaired) electrons. The fraction of sp³-hybridized carbons (Fsp3) is 0.889. The number of nitrogens with one attached hydrogen (secondary N) is 2. The summed E-state index contributed by atoms with van der Waals surface area (Å²) in [7, 11) is 3.97. The lowest BCUT2D eigenvalue weighted by molar-refractivity contribution is -0.128. The monoisotopic (exact) mass is 198 g/mol. The lowest BCUT2D eigenvalue weighted by Gasteiger charge is -2.24. The van der Waals surface area contributed by atoms with Crippen molar-refractivity contribution in [1.29, 1.82) is 0 Å². The van der Waals surface area contributed by atoms with Crippen LogP contribution in [0.3, 0.4) is 0 Å². The van der Waals surface area contributed by atoms with E-state index in [0.29, 0.717) is 0 Å². The van der Waals surface area contributed by atoms with Crippen LogP contribution < -0.4 is 10.6 Å². The van der Waals surface area contributed by atoms with Gasteiger partial charge in [0.15, 0.2) is 5.78 Å². The molecule has 2 saturated heterocycles. The van der Waals surface area contributed by atoms with Crippen LogP contribution in [0, 0.1) is 0 Å². The molecule has 2 heterocycles. The maximum Gasteiger partial charge on any atom is 0.195 e. The normalized spacial score (nSPS) is 35.3. The summed E-state index contributed by atoms with van der Waals surface area (Å²) in [4.78, 5) is 16.2. The van der Waals surface area contributed by atoms with E-state index in [4.69, 9.17) is 0 Å². The third kappa shape index (κ3) is 1.68. The van der Waals surface area contributed by atoms with Gasteiger partial charge in [0.2, 0.25) is 0 Å². The summed E-state index contributed by atoms with van der Waals surface area (Å²) in [5.41, 5.74) is 0. The van der Waals surface area contributed by atoms with Crippen LogP contribution in [0.5, 0.6) is 0 Å². The molecule has 2 unspecified atom stereocenters. The maximum atomic E-state index is 12.1. The summed E-state index contributed by atoms with van der Waals surface area (Å²) >= 11 is 0. The van der Waals surface area contributed by atoms with Gasteiger partial charge in [-0.25, -0.2) is 0 Å². The van der Waals surface area contributed by atoms with Crippen LogP contribution >= 0.6 is 0 Å². The number of ketones is 1. The Hall–Kier alpha value is -0.490. The first-order chi connectivity index (χ1) is 6.70. The molecule has 2 fully saturated rings. The standard InChI is InChI=1S/C9H18N4O/c1-12-5-3-10-8(12)7(14)9-11-4-6-13(9)2/h8-11H,3-6H2,1-2H3. The number of carbonyl (C=O) groups is 1. The minimum absolute atomic E-state index is 0.104. The molecule has 0 aliphatic carbocycles. The van der Waals surface area contributed by atoms with Gasteiger partial charge in [0, 0.05) is 26.2 Å². The van der Waals surface area contributed by atoms with Crippen molar-refractivity contribution < 1.29 is 4.79 Å². The molecule has 2 aliphatic heterocycles. The molecule has 2 rings (SSSR count). The molecule has 0 bridgehead atoms. The molecule has 5 nitrogen and oxygen atoms in total. The summed E-state index contributed by atoms with van der Waals surface area (Å²) in [5.74, 6) is 0.241. The molecule has 80 valence electrons. The van der Waals surface area contributed by atoms with Gasteiger partial charge in [0.25, 0.3) is 0 Å². The molecule has 0 aromatic rings. The average Bonchev–Trinajstić information content (AvgIpc) is 2.73. The van der Waals surface area contributed by atoms with Gasteiger partial charge in [-0.2, -0.15) is 0 Å². The highest BCUT2D eigenvalue weighted by atomic mass is 16.1. The Morgan fingerprint density at radius 1 is 1.07 bits per heavy atom. The third-order valence-electron chi connectivity index (χ3n) is 3.02. The fourth-order valence-electron chi connectivity index (χ4n) is 2.11. The maximum absolute atomic E-state index is 12.1. The Morgan fingerprint density at radius 2 is 1.50 bits per heavy atom. The van der Waals surface area contributed by atoms with Crippen LogP contribution in [-0.2, 0) is 4.79 Å². The van der Waals surface area contributed by atoms with Crippen molar-refractivity contribution in [3.63, 3.8) is 0 Å². The zero-order chi connectivity index (χ0) is 10.1. The molecular formula is C9H18N4O. The minimum Gasteiger partial charge on any atom is -0.294 e. The van der Waals surface area contributed by atoms with Crippen molar-refractivity contribution in [1.82, 2.24) is 20.4 Å². The molecule has 0 spiro atoms. The number of rotatable bonds is 2. The van der Waals surface area contributed by atoms with E-state index in [1.54, 1.807) is 0 Å². The van der Waals surface area contributed by atoms with Crippen LogP contribution in [0.15, 0.2) is 0 Å². The fourth-order valence-corrected chi connectivity index (χ4v) is 2.11. The number of likely N-dealkylation sites (N-methyl/N-ethyl adjacent to an activating group) is 2. The van der Waals surface area contributed by atoms with Gasteiger partial charge >= 0.3 is 0 Å². The average molecular weight is 198 g/mol. The van der Waals surface area contributed by atoms with E-state index in [-0.39, 0.29) is 18.1 Å². The molecule has 0 aromatic heterocycles. The Bertz CT molecular complexity index is 211. The number of Topliss-reactive ketones (excluding diaryl/α,β-unsaturated/α-hetero) is 1. The van der Waals surface area contributed by atoms with Gasteiger partial charge in [0.05, 0.1) is 0 Å². The smallest absolute Gasteiger partial charge is 0.195 e. The predicted molar refractivity (Wildman–Crippen MR) is 53.8 cm³/mol. The van der Waals surface area contributed by atoms with Crippen molar-refractivity contribution in [3.8, 4) is 0 Å². The molecule has 0 amide bonds. The zero-order valence-electron chi connectivity index (χ0n) is 8.79. The van der Waals surface area contributed by atoms with Crippen molar-refractivity contribution >= 4 is 5.78 Å². The molecule has 2 N–H and O–H groups in total. The summed E-state index contributed by atoms with van der Waals surface area (Å²) in [6.07, 6.45) is -0.207. The van der Waals surface area contributed by atoms with Gasteiger partial charge in [-0.3, -0.25) is 25.2 Å². The van der Waals surface area contributed by atoms with Crippen molar-refractivity contribution in [2.24, 2.45) is 0 Å². The van der Waals surface area contributed by atoms with Crippen molar-refractivity contribution in [3.05, 3.63) is 0 Å². The highest BCUT2D eigenvalue weighted by Crippen LogP contribution is 2.08. The highest BCUT2D eigenvalue weighted by molar-refractivity contribution is 5.88. The summed E-state index contributed by atoms with van der Waals surface area (Å²) in [6.45, 7) is 3.71. The van der Waals surface area contributed by atoms with Gasteiger partial charge in [0.1, 0.15) is 12.3 Å². The molecule has 0 saturated carbocycles. The van der Waals surface area contributed by atoms with E-state index in [2.05, 4.69) is 20.4 Å². The largest absolute Gasteiger partial charge is 0.294 e. The molecule has 2 aliphatic rings. The Kier molecular flexibility index (Phi) is 2.83. The molecule has 0 aromatic carbocycles. The second-order valence-corrected chi connectivity index (χ2v) is 4.08. The quantitative estimate of drug-likeness (QED) is 0.552. The van der Waals surface area contributed by atoms with E-state index in [9.17, 15) is 4.79 Å². The van der Waals surface area contributed by atoms with Crippen LogP contribution in [0.25, 0.3) is 0 Å². The number of nitrogens with zero attached hydrogens (tertiary/aromatic N) is 2. The second kappa shape index (κ2) is 3.94. The van der Waals surface area contributed by atoms with Gasteiger partial charge in [-0.05, 0) is 14.1 Å².